The van der Waals surface area contributed by atoms with E-state index in [2.05, 4.69) is 15.5 Å². The van der Waals surface area contributed by atoms with Gasteiger partial charge in [-0.15, -0.1) is 10.2 Å². The Kier molecular flexibility index (Phi) is 9.29. The Labute approximate surface area is 219 Å². The molecule has 196 valence electrons. The second-order valence-corrected chi connectivity index (χ2v) is 9.11. The third-order valence-corrected chi connectivity index (χ3v) is 6.64. The lowest BCUT2D eigenvalue weighted by atomic mass is 10.1. The third-order valence-electron chi connectivity index (χ3n) is 5.67. The van der Waals surface area contributed by atoms with Crippen LogP contribution >= 0.6 is 11.8 Å². The Morgan fingerprint density at radius 1 is 1.00 bits per heavy atom. The molecular formula is C26H30N4O6S. The quantitative estimate of drug-likeness (QED) is 0.303. The molecule has 10 nitrogen and oxygen atoms in total. The lowest BCUT2D eigenvalue weighted by Gasteiger charge is -2.16. The number of aromatic nitrogens is 3. The number of methoxy groups -OCH3 is 2. The van der Waals surface area contributed by atoms with Crippen molar-refractivity contribution in [2.24, 2.45) is 0 Å². The fourth-order valence-corrected chi connectivity index (χ4v) is 4.36. The highest BCUT2D eigenvalue weighted by atomic mass is 32.2. The second kappa shape index (κ2) is 12.4. The van der Waals surface area contributed by atoms with Crippen LogP contribution in [0.2, 0.25) is 0 Å². The van der Waals surface area contributed by atoms with Crippen LogP contribution in [-0.4, -0.2) is 52.6 Å². The minimum atomic E-state index is -0.646. The summed E-state index contributed by atoms with van der Waals surface area (Å²) in [5.41, 5.74) is 2.77. The molecule has 11 heteroatoms. The summed E-state index contributed by atoms with van der Waals surface area (Å²) in [4.78, 5) is 36.8. The zero-order valence-electron chi connectivity index (χ0n) is 21.7. The molecule has 0 aliphatic carbocycles. The van der Waals surface area contributed by atoms with Gasteiger partial charge in [0, 0.05) is 6.54 Å². The highest BCUT2D eigenvalue weighted by Crippen LogP contribution is 2.26. The Morgan fingerprint density at radius 3 is 2.38 bits per heavy atom. The van der Waals surface area contributed by atoms with Gasteiger partial charge in [0.05, 0.1) is 36.8 Å². The Balaban J connectivity index is 1.71. The molecule has 37 heavy (non-hydrogen) atoms. The predicted octanol–water partition coefficient (Wildman–Crippen LogP) is 4.36. The highest BCUT2D eigenvalue weighted by Gasteiger charge is 2.21. The monoisotopic (exact) mass is 526 g/mol. The number of anilines is 1. The molecule has 0 saturated carbocycles. The van der Waals surface area contributed by atoms with Gasteiger partial charge < -0.3 is 24.1 Å². The molecular weight excluding hydrogens is 496 g/mol. The van der Waals surface area contributed by atoms with Crippen molar-refractivity contribution in [3.63, 3.8) is 0 Å². The van der Waals surface area contributed by atoms with E-state index in [1.165, 1.54) is 49.7 Å². The van der Waals surface area contributed by atoms with E-state index in [-0.39, 0.29) is 28.7 Å². The lowest BCUT2D eigenvalue weighted by molar-refractivity contribution is -0.113. The normalized spacial score (nSPS) is 11.5. The number of carbonyl (C=O) groups is 3. The maximum absolute atomic E-state index is 12.8. The number of thioether (sulfide) groups is 1. The Hall–Kier alpha value is -3.86. The number of esters is 2. The smallest absolute Gasteiger partial charge is 0.339 e. The number of amides is 1. The largest absolute Gasteiger partial charge is 0.483 e. The first-order valence-electron chi connectivity index (χ1n) is 11.6. The van der Waals surface area contributed by atoms with Crippen LogP contribution in [0.3, 0.4) is 0 Å². The number of hydrogen-bond acceptors (Lipinski definition) is 9. The van der Waals surface area contributed by atoms with Crippen molar-refractivity contribution in [1.82, 2.24) is 14.8 Å². The zero-order chi connectivity index (χ0) is 27.1. The van der Waals surface area contributed by atoms with E-state index in [1.54, 1.807) is 0 Å². The number of nitrogens with one attached hydrogen (secondary N) is 1. The number of nitrogens with zero attached hydrogens (tertiary/aromatic N) is 3. The third kappa shape index (κ3) is 6.67. The van der Waals surface area contributed by atoms with Crippen molar-refractivity contribution in [2.75, 3.05) is 25.3 Å². The molecule has 0 fully saturated rings. The van der Waals surface area contributed by atoms with E-state index in [0.29, 0.717) is 17.5 Å². The first-order valence-corrected chi connectivity index (χ1v) is 12.6. The van der Waals surface area contributed by atoms with Crippen LogP contribution in [0.25, 0.3) is 0 Å². The van der Waals surface area contributed by atoms with Gasteiger partial charge in [0.15, 0.2) is 17.1 Å². The van der Waals surface area contributed by atoms with E-state index < -0.39 is 17.8 Å². The summed E-state index contributed by atoms with van der Waals surface area (Å²) in [6, 6.07) is 10.1. The van der Waals surface area contributed by atoms with Gasteiger partial charge in [0.1, 0.15) is 5.75 Å². The minimum absolute atomic E-state index is 0.00636. The van der Waals surface area contributed by atoms with Crippen LogP contribution in [0.1, 0.15) is 57.6 Å². The maximum atomic E-state index is 12.8. The standard InChI is InChI=1S/C26H30N4O6S/c1-7-30-23(17(4)36-19-10-8-15(2)16(3)12-19)28-29-26(30)37-14-22(31)27-21-13-18(24(32)34-5)9-11-20(21)25(33)35-6/h8-13,17H,7,14H2,1-6H3,(H,27,31). The number of rotatable bonds is 10. The van der Waals surface area contributed by atoms with Crippen molar-refractivity contribution in [3.8, 4) is 5.75 Å². The summed E-state index contributed by atoms with van der Waals surface area (Å²) in [5.74, 6) is -0.265. The first-order chi connectivity index (χ1) is 17.7. The number of benzene rings is 2. The summed E-state index contributed by atoms with van der Waals surface area (Å²) >= 11 is 1.20. The molecule has 1 unspecified atom stereocenters. The van der Waals surface area contributed by atoms with Gasteiger partial charge in [-0.3, -0.25) is 4.79 Å². The summed E-state index contributed by atoms with van der Waals surface area (Å²) in [5, 5.41) is 11.8. The van der Waals surface area contributed by atoms with Crippen LogP contribution in [0, 0.1) is 13.8 Å². The van der Waals surface area contributed by atoms with Gasteiger partial charge in [-0.05, 0) is 69.2 Å². The van der Waals surface area contributed by atoms with Gasteiger partial charge in [-0.1, -0.05) is 17.8 Å². The molecule has 3 aromatic rings. The van der Waals surface area contributed by atoms with E-state index in [9.17, 15) is 14.4 Å². The summed E-state index contributed by atoms with van der Waals surface area (Å²) in [7, 11) is 2.48. The van der Waals surface area contributed by atoms with E-state index >= 15 is 0 Å². The van der Waals surface area contributed by atoms with Crippen LogP contribution < -0.4 is 10.1 Å². The van der Waals surface area contributed by atoms with Crippen LogP contribution in [0.5, 0.6) is 5.75 Å². The predicted molar refractivity (Wildman–Crippen MR) is 139 cm³/mol. The van der Waals surface area contributed by atoms with Gasteiger partial charge >= 0.3 is 11.9 Å². The van der Waals surface area contributed by atoms with Gasteiger partial charge in [-0.25, -0.2) is 9.59 Å². The number of aryl methyl sites for hydroxylation is 2. The molecule has 1 amide bonds. The van der Waals surface area contributed by atoms with Crippen LogP contribution in [0.4, 0.5) is 5.69 Å². The molecule has 1 aromatic heterocycles. The average Bonchev–Trinajstić information content (AvgIpc) is 3.31. The zero-order valence-corrected chi connectivity index (χ0v) is 22.5. The van der Waals surface area contributed by atoms with Gasteiger partial charge in [-0.2, -0.15) is 0 Å². The number of carbonyl (C=O) groups excluding carboxylic acids is 3. The highest BCUT2D eigenvalue weighted by molar-refractivity contribution is 7.99. The molecule has 0 radical (unpaired) electrons. The molecule has 0 aliphatic heterocycles. The van der Waals surface area contributed by atoms with Crippen LogP contribution in [-0.2, 0) is 20.8 Å². The van der Waals surface area contributed by atoms with Crippen molar-refractivity contribution in [2.45, 2.75) is 45.5 Å². The second-order valence-electron chi connectivity index (χ2n) is 8.17. The Bertz CT molecular complexity index is 1310. The molecule has 3 rings (SSSR count). The molecule has 0 aliphatic rings. The maximum Gasteiger partial charge on any atom is 0.339 e. The minimum Gasteiger partial charge on any atom is -0.483 e. The van der Waals surface area contributed by atoms with E-state index in [4.69, 9.17) is 14.2 Å². The summed E-state index contributed by atoms with van der Waals surface area (Å²) in [6.45, 7) is 8.51. The van der Waals surface area contributed by atoms with Crippen molar-refractivity contribution in [1.29, 1.82) is 0 Å². The SMILES string of the molecule is CCn1c(SCC(=O)Nc2cc(C(=O)OC)ccc2C(=O)OC)nnc1C(C)Oc1ccc(C)c(C)c1. The fraction of sp³-hybridized carbons (Fsp3) is 0.346. The average molecular weight is 527 g/mol. The van der Waals surface area contributed by atoms with Crippen molar-refractivity contribution in [3.05, 3.63) is 64.5 Å². The van der Waals surface area contributed by atoms with Gasteiger partial charge in [0.25, 0.3) is 0 Å². The lowest BCUT2D eigenvalue weighted by Crippen LogP contribution is -2.18. The molecule has 2 aromatic carbocycles. The van der Waals surface area contributed by atoms with Gasteiger partial charge in [0.2, 0.25) is 5.91 Å². The number of ether oxygens (including phenoxy) is 3. The Morgan fingerprint density at radius 2 is 1.73 bits per heavy atom. The van der Waals surface area contributed by atoms with Crippen molar-refractivity contribution >= 4 is 35.3 Å². The molecule has 0 saturated heterocycles. The number of hydrogen-bond donors (Lipinski definition) is 1. The van der Waals surface area contributed by atoms with Crippen molar-refractivity contribution < 1.29 is 28.6 Å². The molecule has 0 bridgehead atoms. The van der Waals surface area contributed by atoms with Crippen LogP contribution in [0.15, 0.2) is 41.6 Å². The molecule has 1 N–H and O–H groups in total. The molecule has 0 spiro atoms. The topological polar surface area (TPSA) is 122 Å². The molecule has 1 atom stereocenters. The summed E-state index contributed by atoms with van der Waals surface area (Å²) in [6.07, 6.45) is -0.360. The molecule has 1 heterocycles. The fourth-order valence-electron chi connectivity index (χ4n) is 3.55. The first kappa shape index (κ1) is 27.7. The van der Waals surface area contributed by atoms with E-state index in [0.717, 1.165) is 11.3 Å². The van der Waals surface area contributed by atoms with E-state index in [1.807, 2.05) is 50.5 Å². The summed E-state index contributed by atoms with van der Waals surface area (Å²) < 4.78 is 17.5.